The van der Waals surface area contributed by atoms with Gasteiger partial charge in [-0.05, 0) is 57.4 Å². The van der Waals surface area contributed by atoms with Crippen LogP contribution in [0.15, 0.2) is 30.6 Å². The third-order valence-electron chi connectivity index (χ3n) is 3.93. The molecule has 0 atom stereocenters. The highest BCUT2D eigenvalue weighted by Gasteiger charge is 2.23. The number of aryl methyl sites for hydroxylation is 1. The zero-order valence-electron chi connectivity index (χ0n) is 14.2. The first-order valence-corrected chi connectivity index (χ1v) is 7.94. The van der Waals surface area contributed by atoms with Gasteiger partial charge in [0.15, 0.2) is 0 Å². The lowest BCUT2D eigenvalue weighted by atomic mass is 10.0. The number of amides is 1. The van der Waals surface area contributed by atoms with Crippen LogP contribution in [0.1, 0.15) is 38.4 Å². The van der Waals surface area contributed by atoms with Crippen molar-refractivity contribution in [2.24, 2.45) is 0 Å². The molecule has 122 valence electrons. The van der Waals surface area contributed by atoms with Gasteiger partial charge in [-0.3, -0.25) is 0 Å². The topological polar surface area (TPSA) is 46.8 Å². The summed E-state index contributed by atoms with van der Waals surface area (Å²) >= 11 is 0. The van der Waals surface area contributed by atoms with Crippen molar-refractivity contribution in [3.05, 3.63) is 41.9 Å². The maximum absolute atomic E-state index is 12.1. The number of aromatic nitrogens is 2. The van der Waals surface area contributed by atoms with Gasteiger partial charge in [0.05, 0.1) is 0 Å². The molecule has 2 aromatic rings. The molecule has 23 heavy (non-hydrogen) atoms. The van der Waals surface area contributed by atoms with Gasteiger partial charge in [0, 0.05) is 31.2 Å². The molecule has 5 heteroatoms. The van der Waals surface area contributed by atoms with E-state index in [-0.39, 0.29) is 6.09 Å². The van der Waals surface area contributed by atoms with Gasteiger partial charge in [-0.25, -0.2) is 9.78 Å². The largest absolute Gasteiger partial charge is 0.444 e. The monoisotopic (exact) mass is 313 g/mol. The summed E-state index contributed by atoms with van der Waals surface area (Å²) in [7, 11) is 0. The maximum atomic E-state index is 12.1. The fraction of sp³-hybridized carbons (Fsp3) is 0.444. The predicted octanol–water partition coefficient (Wildman–Crippen LogP) is 3.67. The highest BCUT2D eigenvalue weighted by atomic mass is 16.6. The molecule has 2 aromatic heterocycles. The molecule has 0 saturated carbocycles. The second-order valence-corrected chi connectivity index (χ2v) is 6.95. The van der Waals surface area contributed by atoms with Gasteiger partial charge < -0.3 is 14.0 Å². The van der Waals surface area contributed by atoms with Gasteiger partial charge in [-0.15, -0.1) is 0 Å². The molecule has 0 spiro atoms. The SMILES string of the molecule is Cc1cnc2cc(C3=CCN(C(=O)OC(C)(C)C)CC3)ccn12. The van der Waals surface area contributed by atoms with E-state index < -0.39 is 5.60 Å². The van der Waals surface area contributed by atoms with Gasteiger partial charge >= 0.3 is 6.09 Å². The molecule has 0 fully saturated rings. The molecule has 0 N–H and O–H groups in total. The number of nitrogens with zero attached hydrogens (tertiary/aromatic N) is 3. The molecular weight excluding hydrogens is 290 g/mol. The fourth-order valence-corrected chi connectivity index (χ4v) is 2.73. The Labute approximate surface area is 136 Å². The van der Waals surface area contributed by atoms with Crippen molar-refractivity contribution in [3.63, 3.8) is 0 Å². The first kappa shape index (κ1) is 15.6. The summed E-state index contributed by atoms with van der Waals surface area (Å²) in [6.07, 6.45) is 6.61. The molecule has 1 aliphatic heterocycles. The van der Waals surface area contributed by atoms with Gasteiger partial charge in [0.25, 0.3) is 0 Å². The minimum atomic E-state index is -0.454. The van der Waals surface area contributed by atoms with Crippen LogP contribution in [0.5, 0.6) is 0 Å². The Morgan fingerprint density at radius 2 is 2.13 bits per heavy atom. The lowest BCUT2D eigenvalue weighted by molar-refractivity contribution is 0.0270. The molecule has 0 radical (unpaired) electrons. The minimum absolute atomic E-state index is 0.243. The van der Waals surface area contributed by atoms with E-state index >= 15 is 0 Å². The molecular formula is C18H23N3O2. The number of carbonyl (C=O) groups excluding carboxylic acids is 1. The number of pyridine rings is 1. The van der Waals surface area contributed by atoms with Crippen LogP contribution < -0.4 is 0 Å². The molecule has 0 saturated heterocycles. The quantitative estimate of drug-likeness (QED) is 0.807. The zero-order valence-corrected chi connectivity index (χ0v) is 14.2. The Morgan fingerprint density at radius 1 is 1.35 bits per heavy atom. The van der Waals surface area contributed by atoms with Gasteiger partial charge in [0.1, 0.15) is 11.2 Å². The first-order chi connectivity index (χ1) is 10.8. The van der Waals surface area contributed by atoms with E-state index in [0.29, 0.717) is 13.1 Å². The second-order valence-electron chi connectivity index (χ2n) is 6.95. The number of carbonyl (C=O) groups is 1. The second kappa shape index (κ2) is 5.72. The summed E-state index contributed by atoms with van der Waals surface area (Å²) in [6.45, 7) is 8.97. The van der Waals surface area contributed by atoms with Crippen molar-refractivity contribution in [2.75, 3.05) is 13.1 Å². The molecule has 0 aromatic carbocycles. The van der Waals surface area contributed by atoms with Crippen molar-refractivity contribution >= 4 is 17.3 Å². The predicted molar refractivity (Wildman–Crippen MR) is 90.3 cm³/mol. The number of rotatable bonds is 1. The molecule has 1 aliphatic rings. The third-order valence-corrected chi connectivity index (χ3v) is 3.93. The lowest BCUT2D eigenvalue weighted by Gasteiger charge is -2.29. The van der Waals surface area contributed by atoms with E-state index in [2.05, 4.69) is 27.6 Å². The van der Waals surface area contributed by atoms with Crippen LogP contribution >= 0.6 is 0 Å². The maximum Gasteiger partial charge on any atom is 0.410 e. The number of hydrogen-bond acceptors (Lipinski definition) is 3. The fourth-order valence-electron chi connectivity index (χ4n) is 2.73. The third kappa shape index (κ3) is 3.38. The standard InChI is InChI=1S/C18H23N3O2/c1-13-12-19-16-11-15(7-10-21(13)16)14-5-8-20(9-6-14)17(22)23-18(2,3)4/h5,7,10-12H,6,8-9H2,1-4H3. The summed E-state index contributed by atoms with van der Waals surface area (Å²) in [5.74, 6) is 0. The van der Waals surface area contributed by atoms with Crippen molar-refractivity contribution in [2.45, 2.75) is 39.7 Å². The average molecular weight is 313 g/mol. The Bertz CT molecular complexity index is 768. The molecule has 5 nitrogen and oxygen atoms in total. The van der Waals surface area contributed by atoms with Crippen molar-refractivity contribution in [1.29, 1.82) is 0 Å². The van der Waals surface area contributed by atoms with E-state index in [4.69, 9.17) is 4.74 Å². The minimum Gasteiger partial charge on any atom is -0.444 e. The van der Waals surface area contributed by atoms with Gasteiger partial charge in [0.2, 0.25) is 0 Å². The summed E-state index contributed by atoms with van der Waals surface area (Å²) in [5.41, 5.74) is 4.06. The van der Waals surface area contributed by atoms with Crippen molar-refractivity contribution in [3.8, 4) is 0 Å². The Morgan fingerprint density at radius 3 is 2.78 bits per heavy atom. The van der Waals surface area contributed by atoms with E-state index in [9.17, 15) is 4.79 Å². The van der Waals surface area contributed by atoms with Gasteiger partial charge in [-0.1, -0.05) is 6.08 Å². The number of hydrogen-bond donors (Lipinski definition) is 0. The highest BCUT2D eigenvalue weighted by molar-refractivity contribution is 5.73. The molecule has 0 bridgehead atoms. The van der Waals surface area contributed by atoms with Crippen molar-refractivity contribution in [1.82, 2.24) is 14.3 Å². The van der Waals surface area contributed by atoms with Gasteiger partial charge in [-0.2, -0.15) is 0 Å². The van der Waals surface area contributed by atoms with E-state index in [1.165, 1.54) is 11.1 Å². The summed E-state index contributed by atoms with van der Waals surface area (Å²) in [4.78, 5) is 18.2. The summed E-state index contributed by atoms with van der Waals surface area (Å²) in [6, 6.07) is 4.21. The molecule has 0 unspecified atom stereocenters. The van der Waals surface area contributed by atoms with Crippen LogP contribution in [0.3, 0.4) is 0 Å². The summed E-state index contributed by atoms with van der Waals surface area (Å²) in [5, 5.41) is 0. The first-order valence-electron chi connectivity index (χ1n) is 7.94. The van der Waals surface area contributed by atoms with E-state index in [0.717, 1.165) is 17.8 Å². The van der Waals surface area contributed by atoms with Crippen LogP contribution in [0.4, 0.5) is 4.79 Å². The molecule has 0 aliphatic carbocycles. The van der Waals surface area contributed by atoms with Crippen molar-refractivity contribution < 1.29 is 9.53 Å². The number of ether oxygens (including phenoxy) is 1. The molecule has 3 heterocycles. The number of fused-ring (bicyclic) bond motifs is 1. The van der Waals surface area contributed by atoms with Crippen LogP contribution in [0.25, 0.3) is 11.2 Å². The van der Waals surface area contributed by atoms with Crippen LogP contribution in [0, 0.1) is 6.92 Å². The van der Waals surface area contributed by atoms with Crippen LogP contribution in [0.2, 0.25) is 0 Å². The molecule has 3 rings (SSSR count). The van der Waals surface area contributed by atoms with Crippen LogP contribution in [-0.2, 0) is 4.74 Å². The Hall–Kier alpha value is -2.30. The average Bonchev–Trinajstić information content (AvgIpc) is 2.87. The summed E-state index contributed by atoms with van der Waals surface area (Å²) < 4.78 is 7.49. The van der Waals surface area contributed by atoms with E-state index in [1.54, 1.807) is 4.90 Å². The number of imidazole rings is 1. The Balaban J connectivity index is 1.74. The smallest absolute Gasteiger partial charge is 0.410 e. The Kier molecular flexibility index (Phi) is 3.88. The normalized spacial score (nSPS) is 15.7. The zero-order chi connectivity index (χ0) is 16.6. The lowest BCUT2D eigenvalue weighted by Crippen LogP contribution is -2.39. The highest BCUT2D eigenvalue weighted by Crippen LogP contribution is 2.24. The molecule has 1 amide bonds. The van der Waals surface area contributed by atoms with Crippen LogP contribution in [-0.4, -0.2) is 39.1 Å². The van der Waals surface area contributed by atoms with E-state index in [1.807, 2.05) is 40.1 Å².